The fourth-order valence-corrected chi connectivity index (χ4v) is 6.20. The maximum absolute atomic E-state index is 12.3. The van der Waals surface area contributed by atoms with Gasteiger partial charge >= 0.3 is 0 Å². The van der Waals surface area contributed by atoms with Gasteiger partial charge in [0.25, 0.3) is 0 Å². The van der Waals surface area contributed by atoms with Crippen molar-refractivity contribution in [3.8, 4) is 0 Å². The number of hydrogen-bond acceptors (Lipinski definition) is 4. The Bertz CT molecular complexity index is 529. The lowest BCUT2D eigenvalue weighted by Gasteiger charge is -2.41. The predicted molar refractivity (Wildman–Crippen MR) is 75.1 cm³/mol. The molecule has 0 unspecified atom stereocenters. The zero-order valence-electron chi connectivity index (χ0n) is 10.1. The topological polar surface area (TPSA) is 66.4 Å². The third-order valence-electron chi connectivity index (χ3n) is 3.49. The summed E-state index contributed by atoms with van der Waals surface area (Å²) in [6, 6.07) is 1.53. The van der Waals surface area contributed by atoms with E-state index in [0.29, 0.717) is 8.66 Å². The monoisotopic (exact) mass is 353 g/mol. The second kappa shape index (κ2) is 5.20. The summed E-state index contributed by atoms with van der Waals surface area (Å²) < 4.78 is 28.0. The summed E-state index contributed by atoms with van der Waals surface area (Å²) in [6.45, 7) is 1.86. The first-order chi connectivity index (χ1) is 8.42. The van der Waals surface area contributed by atoms with E-state index < -0.39 is 10.0 Å². The van der Waals surface area contributed by atoms with E-state index >= 15 is 0 Å². The van der Waals surface area contributed by atoms with E-state index in [2.05, 4.69) is 20.7 Å². The van der Waals surface area contributed by atoms with Gasteiger partial charge in [-0.25, -0.2) is 13.1 Å². The molecule has 1 aliphatic rings. The summed E-state index contributed by atoms with van der Waals surface area (Å²) in [4.78, 5) is 0.873. The standard InChI is InChI=1S/C11H16BrNO3S2/c1-2-11(4-3-5-11)13-18(15,16)9-6-8(7-14)17-10(9)12/h6,13-14H,2-5,7H2,1H3. The number of aliphatic hydroxyl groups is 1. The van der Waals surface area contributed by atoms with Crippen LogP contribution in [0.4, 0.5) is 0 Å². The van der Waals surface area contributed by atoms with Crippen molar-refractivity contribution in [2.45, 2.75) is 49.6 Å². The maximum Gasteiger partial charge on any atom is 0.243 e. The second-order valence-electron chi connectivity index (χ2n) is 4.60. The van der Waals surface area contributed by atoms with Gasteiger partial charge in [-0.3, -0.25) is 0 Å². The molecule has 2 rings (SSSR count). The minimum Gasteiger partial charge on any atom is -0.391 e. The van der Waals surface area contributed by atoms with Crippen LogP contribution in [-0.4, -0.2) is 19.1 Å². The molecule has 7 heteroatoms. The van der Waals surface area contributed by atoms with E-state index in [-0.39, 0.29) is 17.0 Å². The molecule has 0 saturated heterocycles. The molecular formula is C11H16BrNO3S2. The van der Waals surface area contributed by atoms with Gasteiger partial charge in [0, 0.05) is 10.4 Å². The Balaban J connectivity index is 2.27. The third kappa shape index (κ3) is 2.65. The molecule has 1 aromatic heterocycles. The number of aliphatic hydroxyl groups excluding tert-OH is 1. The molecule has 0 bridgehead atoms. The quantitative estimate of drug-likeness (QED) is 0.854. The van der Waals surface area contributed by atoms with Crippen LogP contribution in [0.5, 0.6) is 0 Å². The van der Waals surface area contributed by atoms with E-state index in [1.807, 2.05) is 6.92 Å². The molecule has 0 spiro atoms. The Kier molecular flexibility index (Phi) is 4.18. The molecule has 0 radical (unpaired) electrons. The minimum atomic E-state index is -3.51. The van der Waals surface area contributed by atoms with E-state index in [4.69, 9.17) is 5.11 Å². The van der Waals surface area contributed by atoms with Gasteiger partial charge < -0.3 is 5.11 Å². The lowest BCUT2D eigenvalue weighted by atomic mass is 9.76. The van der Waals surface area contributed by atoms with Gasteiger partial charge in [0.1, 0.15) is 4.90 Å². The highest BCUT2D eigenvalue weighted by atomic mass is 79.9. The lowest BCUT2D eigenvalue weighted by molar-refractivity contribution is 0.214. The van der Waals surface area contributed by atoms with Gasteiger partial charge in [0.2, 0.25) is 10.0 Å². The molecule has 102 valence electrons. The predicted octanol–water partition coefficient (Wildman–Crippen LogP) is 2.61. The highest BCUT2D eigenvalue weighted by Gasteiger charge is 2.39. The normalized spacial score (nSPS) is 18.6. The van der Waals surface area contributed by atoms with E-state index in [1.54, 1.807) is 0 Å². The van der Waals surface area contributed by atoms with E-state index in [1.165, 1.54) is 17.4 Å². The van der Waals surface area contributed by atoms with Crippen LogP contribution in [0, 0.1) is 0 Å². The number of sulfonamides is 1. The molecule has 1 aliphatic carbocycles. The zero-order valence-corrected chi connectivity index (χ0v) is 13.3. The van der Waals surface area contributed by atoms with Crippen molar-refractivity contribution in [3.63, 3.8) is 0 Å². The smallest absolute Gasteiger partial charge is 0.243 e. The van der Waals surface area contributed by atoms with Crippen molar-refractivity contribution < 1.29 is 13.5 Å². The molecule has 1 aromatic rings. The fraction of sp³-hybridized carbons (Fsp3) is 0.636. The molecule has 4 nitrogen and oxygen atoms in total. The van der Waals surface area contributed by atoms with E-state index in [0.717, 1.165) is 25.7 Å². The Morgan fingerprint density at radius 3 is 2.61 bits per heavy atom. The molecule has 0 amide bonds. The van der Waals surface area contributed by atoms with Crippen molar-refractivity contribution in [2.75, 3.05) is 0 Å². The Morgan fingerprint density at radius 1 is 1.56 bits per heavy atom. The number of rotatable bonds is 5. The van der Waals surface area contributed by atoms with Crippen molar-refractivity contribution in [3.05, 3.63) is 14.7 Å². The SMILES string of the molecule is CCC1(NS(=O)(=O)c2cc(CO)sc2Br)CCC1. The van der Waals surface area contributed by atoms with Crippen molar-refractivity contribution in [1.29, 1.82) is 0 Å². The number of hydrogen-bond donors (Lipinski definition) is 2. The number of halogens is 1. The fourth-order valence-electron chi connectivity index (χ4n) is 2.13. The van der Waals surface area contributed by atoms with Crippen molar-refractivity contribution >= 4 is 37.3 Å². The van der Waals surface area contributed by atoms with Gasteiger partial charge in [-0.05, 0) is 47.7 Å². The van der Waals surface area contributed by atoms with Gasteiger partial charge in [-0.1, -0.05) is 6.92 Å². The van der Waals surface area contributed by atoms with Crippen LogP contribution in [0.2, 0.25) is 0 Å². The molecule has 2 N–H and O–H groups in total. The summed E-state index contributed by atoms with van der Waals surface area (Å²) >= 11 is 4.50. The lowest BCUT2D eigenvalue weighted by Crippen LogP contribution is -2.52. The number of nitrogens with one attached hydrogen (secondary N) is 1. The molecule has 1 heterocycles. The van der Waals surface area contributed by atoms with Gasteiger partial charge in [-0.2, -0.15) is 0 Å². The van der Waals surface area contributed by atoms with Crippen molar-refractivity contribution in [1.82, 2.24) is 4.72 Å². The summed E-state index contributed by atoms with van der Waals surface area (Å²) in [5.41, 5.74) is -0.264. The zero-order chi connectivity index (χ0) is 13.4. The van der Waals surface area contributed by atoms with Crippen LogP contribution in [0.1, 0.15) is 37.5 Å². The molecule has 1 fully saturated rings. The maximum atomic E-state index is 12.3. The van der Waals surface area contributed by atoms with Crippen LogP contribution in [0.25, 0.3) is 0 Å². The van der Waals surface area contributed by atoms with Crippen LogP contribution in [0.15, 0.2) is 14.7 Å². The first kappa shape index (κ1) is 14.5. The number of thiophene rings is 1. The van der Waals surface area contributed by atoms with Crippen LogP contribution >= 0.6 is 27.3 Å². The van der Waals surface area contributed by atoms with Gasteiger partial charge in [0.15, 0.2) is 0 Å². The van der Waals surface area contributed by atoms with Crippen LogP contribution in [0.3, 0.4) is 0 Å². The largest absolute Gasteiger partial charge is 0.391 e. The van der Waals surface area contributed by atoms with Gasteiger partial charge in [0.05, 0.1) is 10.4 Å². The first-order valence-electron chi connectivity index (χ1n) is 5.85. The summed E-state index contributed by atoms with van der Waals surface area (Å²) in [7, 11) is -3.51. The molecule has 1 saturated carbocycles. The summed E-state index contributed by atoms with van der Waals surface area (Å²) in [5.74, 6) is 0. The van der Waals surface area contributed by atoms with Gasteiger partial charge in [-0.15, -0.1) is 11.3 Å². The highest BCUT2D eigenvalue weighted by Crippen LogP contribution is 2.38. The van der Waals surface area contributed by atoms with E-state index in [9.17, 15) is 8.42 Å². The second-order valence-corrected chi connectivity index (χ2v) is 8.71. The first-order valence-corrected chi connectivity index (χ1v) is 8.95. The molecule has 0 atom stereocenters. The molecule has 0 aliphatic heterocycles. The summed E-state index contributed by atoms with van der Waals surface area (Å²) in [5, 5.41) is 9.05. The molecule has 0 aromatic carbocycles. The molecule has 18 heavy (non-hydrogen) atoms. The third-order valence-corrected chi connectivity index (χ3v) is 7.31. The average Bonchev–Trinajstić information content (AvgIpc) is 2.66. The van der Waals surface area contributed by atoms with Crippen molar-refractivity contribution in [2.24, 2.45) is 0 Å². The Hall–Kier alpha value is 0.0500. The highest BCUT2D eigenvalue weighted by molar-refractivity contribution is 9.11. The molecular weight excluding hydrogens is 338 g/mol. The van der Waals surface area contributed by atoms with Crippen LogP contribution in [-0.2, 0) is 16.6 Å². The Labute approximate surface area is 120 Å². The summed E-state index contributed by atoms with van der Waals surface area (Å²) in [6.07, 6.45) is 3.68. The Morgan fingerprint density at radius 2 is 2.22 bits per heavy atom. The van der Waals surface area contributed by atoms with Crippen LogP contribution < -0.4 is 4.72 Å². The average molecular weight is 354 g/mol. The minimum absolute atomic E-state index is 0.141.